The molecule has 10 heteroatoms. The predicted molar refractivity (Wildman–Crippen MR) is 110 cm³/mol. The highest BCUT2D eigenvalue weighted by Gasteiger charge is 2.38. The summed E-state index contributed by atoms with van der Waals surface area (Å²) in [5.74, 6) is 0.434. The van der Waals surface area contributed by atoms with Crippen molar-refractivity contribution in [3.05, 3.63) is 47.7 Å². The Labute approximate surface area is 184 Å². The molecule has 2 N–H and O–H groups in total. The van der Waals surface area contributed by atoms with Crippen molar-refractivity contribution in [1.82, 2.24) is 14.8 Å². The van der Waals surface area contributed by atoms with Crippen LogP contribution in [0.15, 0.2) is 34.9 Å². The molecule has 0 saturated heterocycles. The van der Waals surface area contributed by atoms with Crippen molar-refractivity contribution >= 4 is 11.9 Å². The zero-order chi connectivity index (χ0) is 23.3. The van der Waals surface area contributed by atoms with E-state index in [1.807, 2.05) is 13.0 Å². The number of hydrogen-bond donors (Lipinski definition) is 2. The van der Waals surface area contributed by atoms with Crippen LogP contribution >= 0.6 is 0 Å². The molecule has 7 nitrogen and oxygen atoms in total. The number of carboxylic acid groups (broad SMARTS) is 1. The number of nitrogens with one attached hydrogen (secondary N) is 1. The van der Waals surface area contributed by atoms with Gasteiger partial charge in [-0.1, -0.05) is 0 Å². The van der Waals surface area contributed by atoms with Crippen molar-refractivity contribution in [2.24, 2.45) is 11.8 Å². The molecule has 0 radical (unpaired) electrons. The van der Waals surface area contributed by atoms with Crippen molar-refractivity contribution in [2.45, 2.75) is 52.0 Å². The molecule has 0 aromatic carbocycles. The first-order chi connectivity index (χ1) is 15.1. The van der Waals surface area contributed by atoms with Crippen LogP contribution in [0.25, 0.3) is 0 Å². The molecule has 0 bridgehead atoms. The van der Waals surface area contributed by atoms with Crippen molar-refractivity contribution in [3.63, 3.8) is 0 Å². The van der Waals surface area contributed by atoms with Gasteiger partial charge in [-0.3, -0.25) is 9.69 Å². The standard InChI is InChI=1S/C20H27N3O2.C2HF3O2/c1-15-4-7-19(25-15)14-22-11-17(9-20(24)21-10-16-5-6-16)12-23-8-2-3-18(23)13-22;3-2(4,5)1(6)7/h2-4,7-8,16-17H,5-6,9-14H2,1H3,(H,21,24);(H,6,7). The van der Waals surface area contributed by atoms with Crippen molar-refractivity contribution < 1.29 is 32.3 Å². The molecule has 2 aliphatic rings. The Hall–Kier alpha value is -2.75. The van der Waals surface area contributed by atoms with Crippen LogP contribution in [0, 0.1) is 18.8 Å². The fraction of sp³-hybridized carbons (Fsp3) is 0.545. The summed E-state index contributed by atoms with van der Waals surface area (Å²) in [5.41, 5.74) is 1.31. The smallest absolute Gasteiger partial charge is 0.475 e. The van der Waals surface area contributed by atoms with Crippen LogP contribution in [0.1, 0.15) is 36.5 Å². The number of carbonyl (C=O) groups excluding carboxylic acids is 1. The molecule has 3 heterocycles. The third-order valence-electron chi connectivity index (χ3n) is 5.46. The van der Waals surface area contributed by atoms with Crippen LogP contribution < -0.4 is 5.32 Å². The van der Waals surface area contributed by atoms with E-state index in [0.717, 1.165) is 50.2 Å². The average Bonchev–Trinajstić information content (AvgIpc) is 3.35. The molecule has 1 fully saturated rings. The van der Waals surface area contributed by atoms with Gasteiger partial charge in [0.05, 0.1) is 6.54 Å². The van der Waals surface area contributed by atoms with Gasteiger partial charge < -0.3 is 19.4 Å². The fourth-order valence-corrected chi connectivity index (χ4v) is 3.72. The van der Waals surface area contributed by atoms with E-state index in [1.165, 1.54) is 18.5 Å². The number of nitrogens with zero attached hydrogens (tertiary/aromatic N) is 2. The molecular formula is C22H28F3N3O4. The second-order valence-electron chi connectivity index (χ2n) is 8.45. The Morgan fingerprint density at radius 3 is 2.50 bits per heavy atom. The second-order valence-corrected chi connectivity index (χ2v) is 8.45. The van der Waals surface area contributed by atoms with Crippen molar-refractivity contribution in [3.8, 4) is 0 Å². The minimum absolute atomic E-state index is 0.196. The summed E-state index contributed by atoms with van der Waals surface area (Å²) in [6.07, 6.45) is 0.183. The number of fused-ring (bicyclic) bond motifs is 1. The van der Waals surface area contributed by atoms with E-state index in [9.17, 15) is 18.0 Å². The lowest BCUT2D eigenvalue weighted by atomic mass is 10.0. The molecule has 2 aromatic rings. The van der Waals surface area contributed by atoms with Crippen LogP contribution in [0.2, 0.25) is 0 Å². The normalized spacial score (nSPS) is 18.8. The van der Waals surface area contributed by atoms with Gasteiger partial charge in [0.25, 0.3) is 0 Å². The Morgan fingerprint density at radius 2 is 1.91 bits per heavy atom. The van der Waals surface area contributed by atoms with E-state index in [4.69, 9.17) is 14.3 Å². The van der Waals surface area contributed by atoms with Gasteiger partial charge in [0.15, 0.2) is 0 Å². The highest BCUT2D eigenvalue weighted by Crippen LogP contribution is 2.28. The molecule has 2 aromatic heterocycles. The number of aliphatic carboxylic acids is 1. The van der Waals surface area contributed by atoms with Crippen molar-refractivity contribution in [1.29, 1.82) is 0 Å². The average molecular weight is 455 g/mol. The zero-order valence-corrected chi connectivity index (χ0v) is 17.9. The quantitative estimate of drug-likeness (QED) is 0.696. The summed E-state index contributed by atoms with van der Waals surface area (Å²) in [7, 11) is 0. The van der Waals surface area contributed by atoms with Crippen LogP contribution in [-0.4, -0.2) is 45.7 Å². The third kappa shape index (κ3) is 7.44. The van der Waals surface area contributed by atoms with Crippen LogP contribution in [-0.2, 0) is 29.2 Å². The van der Waals surface area contributed by atoms with Gasteiger partial charge in [0, 0.05) is 44.5 Å². The monoisotopic (exact) mass is 455 g/mol. The fourth-order valence-electron chi connectivity index (χ4n) is 3.72. The van der Waals surface area contributed by atoms with E-state index >= 15 is 0 Å². The molecule has 1 amide bonds. The lowest BCUT2D eigenvalue weighted by Gasteiger charge is -2.23. The van der Waals surface area contributed by atoms with Gasteiger partial charge in [-0.25, -0.2) is 4.79 Å². The van der Waals surface area contributed by atoms with Gasteiger partial charge >= 0.3 is 12.1 Å². The Kier molecular flexibility index (Phi) is 7.65. The minimum atomic E-state index is -5.08. The van der Waals surface area contributed by atoms with Crippen molar-refractivity contribution in [2.75, 3.05) is 13.1 Å². The van der Waals surface area contributed by atoms with Gasteiger partial charge in [0.2, 0.25) is 5.91 Å². The number of alkyl halides is 3. The molecular weight excluding hydrogens is 427 g/mol. The Morgan fingerprint density at radius 1 is 1.19 bits per heavy atom. The van der Waals surface area contributed by atoms with Gasteiger partial charge in [0.1, 0.15) is 11.5 Å². The Bertz CT molecular complexity index is 918. The van der Waals surface area contributed by atoms with E-state index in [-0.39, 0.29) is 5.91 Å². The van der Waals surface area contributed by atoms with Gasteiger partial charge in [-0.15, -0.1) is 0 Å². The van der Waals surface area contributed by atoms with Crippen LogP contribution in [0.5, 0.6) is 0 Å². The van der Waals surface area contributed by atoms with E-state index in [2.05, 4.69) is 39.2 Å². The van der Waals surface area contributed by atoms with Crippen LogP contribution in [0.4, 0.5) is 13.2 Å². The number of carbonyl (C=O) groups is 2. The molecule has 0 spiro atoms. The number of carboxylic acids is 1. The third-order valence-corrected chi connectivity index (χ3v) is 5.46. The minimum Gasteiger partial charge on any atom is -0.475 e. The number of aryl methyl sites for hydroxylation is 1. The topological polar surface area (TPSA) is 87.7 Å². The number of rotatable bonds is 6. The van der Waals surface area contributed by atoms with Gasteiger partial charge in [-0.2, -0.15) is 13.2 Å². The molecule has 32 heavy (non-hydrogen) atoms. The first-order valence-electron chi connectivity index (χ1n) is 10.6. The first kappa shape index (κ1) is 23.9. The SMILES string of the molecule is Cc1ccc(CN2Cc3cccn3CC(CC(=O)NCC3CC3)C2)o1.O=C(O)C(F)(F)F. The largest absolute Gasteiger partial charge is 0.490 e. The summed E-state index contributed by atoms with van der Waals surface area (Å²) in [6.45, 7) is 6.34. The second kappa shape index (κ2) is 10.2. The van der Waals surface area contributed by atoms with Crippen LogP contribution in [0.3, 0.4) is 0 Å². The van der Waals surface area contributed by atoms with E-state index < -0.39 is 12.1 Å². The summed E-state index contributed by atoms with van der Waals surface area (Å²) in [6, 6.07) is 8.34. The summed E-state index contributed by atoms with van der Waals surface area (Å²) in [4.78, 5) is 23.6. The maximum atomic E-state index is 12.3. The number of hydrogen-bond acceptors (Lipinski definition) is 4. The molecule has 176 valence electrons. The van der Waals surface area contributed by atoms with Gasteiger partial charge in [-0.05, 0) is 55.9 Å². The number of furan rings is 1. The lowest BCUT2D eigenvalue weighted by Crippen LogP contribution is -2.33. The van der Waals surface area contributed by atoms with E-state index in [1.54, 1.807) is 0 Å². The molecule has 1 atom stereocenters. The predicted octanol–water partition coefficient (Wildman–Crippen LogP) is 3.57. The highest BCUT2D eigenvalue weighted by molar-refractivity contribution is 5.76. The maximum absolute atomic E-state index is 12.3. The highest BCUT2D eigenvalue weighted by atomic mass is 19.4. The molecule has 1 saturated carbocycles. The molecule has 1 aliphatic heterocycles. The maximum Gasteiger partial charge on any atom is 0.490 e. The summed E-state index contributed by atoms with van der Waals surface area (Å²) < 4.78 is 39.8. The molecule has 1 unspecified atom stereocenters. The first-order valence-corrected chi connectivity index (χ1v) is 10.6. The summed E-state index contributed by atoms with van der Waals surface area (Å²) >= 11 is 0. The Balaban J connectivity index is 0.000000360. The van der Waals surface area contributed by atoms with E-state index in [0.29, 0.717) is 12.3 Å². The molecule has 1 aliphatic carbocycles. The number of aromatic nitrogens is 1. The number of amides is 1. The summed E-state index contributed by atoms with van der Waals surface area (Å²) in [5, 5.41) is 10.2. The number of halogens is 3. The zero-order valence-electron chi connectivity index (χ0n) is 17.9. The molecule has 4 rings (SSSR count). The lowest BCUT2D eigenvalue weighted by molar-refractivity contribution is -0.192.